The molecule has 30 heavy (non-hydrogen) atoms. The number of nitrogens with zero attached hydrogens (tertiary/aromatic N) is 3. The number of amides is 2. The normalized spacial score (nSPS) is 14.2. The van der Waals surface area contributed by atoms with E-state index in [4.69, 9.17) is 4.74 Å². The lowest BCUT2D eigenvalue weighted by Gasteiger charge is -2.33. The molecular weight excluding hydrogens is 378 g/mol. The topological polar surface area (TPSA) is 79.4 Å². The number of aromatic nitrogens is 2. The number of carbonyl (C=O) groups excluding carboxylic acids is 1. The first kappa shape index (κ1) is 19.7. The molecule has 2 amide bonds. The Morgan fingerprint density at radius 1 is 1.07 bits per heavy atom. The van der Waals surface area contributed by atoms with Crippen molar-refractivity contribution in [2.24, 2.45) is 0 Å². The zero-order valence-electron chi connectivity index (χ0n) is 16.9. The van der Waals surface area contributed by atoms with Gasteiger partial charge in [-0.05, 0) is 50.1 Å². The van der Waals surface area contributed by atoms with Gasteiger partial charge >= 0.3 is 6.03 Å². The summed E-state index contributed by atoms with van der Waals surface area (Å²) in [5.74, 6) is 2.46. The standard InChI is InChI=1S/C23H25N5O2/c1-17-4-6-20(7-5-17)30-21-8-12-25-22(15-21)28-13-9-18(10-14-28)26-23(29)27-19-3-2-11-24-16-19/h2-8,11-12,15-16,18H,9-10,13-14H2,1H3,(H2,26,27,29). The molecule has 0 spiro atoms. The van der Waals surface area contributed by atoms with Gasteiger partial charge in [-0.1, -0.05) is 17.7 Å². The Kier molecular flexibility index (Phi) is 6.08. The van der Waals surface area contributed by atoms with E-state index in [1.54, 1.807) is 24.7 Å². The van der Waals surface area contributed by atoms with E-state index in [-0.39, 0.29) is 12.1 Å². The van der Waals surface area contributed by atoms with Gasteiger partial charge in [-0.2, -0.15) is 0 Å². The second kappa shape index (κ2) is 9.26. The Hall–Kier alpha value is -3.61. The largest absolute Gasteiger partial charge is 0.457 e. The SMILES string of the molecule is Cc1ccc(Oc2ccnc(N3CCC(NC(=O)Nc4cccnc4)CC3)c2)cc1. The molecule has 154 valence electrons. The van der Waals surface area contributed by atoms with Crippen molar-refractivity contribution in [3.05, 3.63) is 72.7 Å². The summed E-state index contributed by atoms with van der Waals surface area (Å²) in [6.45, 7) is 3.69. The predicted molar refractivity (Wildman–Crippen MR) is 117 cm³/mol. The molecule has 7 heteroatoms. The Morgan fingerprint density at radius 3 is 2.60 bits per heavy atom. The van der Waals surface area contributed by atoms with Gasteiger partial charge in [0, 0.05) is 37.6 Å². The number of ether oxygens (including phenoxy) is 1. The van der Waals surface area contributed by atoms with Crippen molar-refractivity contribution in [1.29, 1.82) is 0 Å². The van der Waals surface area contributed by atoms with Crippen LogP contribution in [-0.2, 0) is 0 Å². The molecule has 2 N–H and O–H groups in total. The van der Waals surface area contributed by atoms with Gasteiger partial charge < -0.3 is 20.3 Å². The van der Waals surface area contributed by atoms with E-state index in [1.807, 2.05) is 42.5 Å². The molecule has 1 aliphatic rings. The summed E-state index contributed by atoms with van der Waals surface area (Å²) in [4.78, 5) is 22.9. The highest BCUT2D eigenvalue weighted by atomic mass is 16.5. The lowest BCUT2D eigenvalue weighted by Crippen LogP contribution is -2.46. The zero-order valence-corrected chi connectivity index (χ0v) is 16.9. The molecule has 0 bridgehead atoms. The van der Waals surface area contributed by atoms with Gasteiger partial charge in [-0.25, -0.2) is 9.78 Å². The molecule has 3 aromatic rings. The van der Waals surface area contributed by atoms with Crippen molar-refractivity contribution in [3.8, 4) is 11.5 Å². The van der Waals surface area contributed by atoms with Gasteiger partial charge in [0.25, 0.3) is 0 Å². The first-order valence-corrected chi connectivity index (χ1v) is 10.1. The van der Waals surface area contributed by atoms with Crippen molar-refractivity contribution in [3.63, 3.8) is 0 Å². The molecule has 3 heterocycles. The maximum absolute atomic E-state index is 12.2. The molecule has 4 rings (SSSR count). The molecule has 1 saturated heterocycles. The van der Waals surface area contributed by atoms with Crippen molar-refractivity contribution in [1.82, 2.24) is 15.3 Å². The number of rotatable bonds is 5. The van der Waals surface area contributed by atoms with Crippen LogP contribution < -0.4 is 20.3 Å². The summed E-state index contributed by atoms with van der Waals surface area (Å²) in [6.07, 6.45) is 6.77. The average Bonchev–Trinajstić information content (AvgIpc) is 2.77. The number of piperidine rings is 1. The Balaban J connectivity index is 1.29. The van der Waals surface area contributed by atoms with Gasteiger partial charge in [0.1, 0.15) is 17.3 Å². The third-order valence-electron chi connectivity index (χ3n) is 5.05. The van der Waals surface area contributed by atoms with Crippen LogP contribution in [-0.4, -0.2) is 35.1 Å². The van der Waals surface area contributed by atoms with Crippen LogP contribution in [0.3, 0.4) is 0 Å². The number of urea groups is 1. The first-order chi connectivity index (χ1) is 14.7. The van der Waals surface area contributed by atoms with Gasteiger partial charge in [0.05, 0.1) is 11.9 Å². The fourth-order valence-corrected chi connectivity index (χ4v) is 3.42. The molecule has 7 nitrogen and oxygen atoms in total. The minimum absolute atomic E-state index is 0.130. The molecule has 0 radical (unpaired) electrons. The summed E-state index contributed by atoms with van der Waals surface area (Å²) < 4.78 is 5.96. The van der Waals surface area contributed by atoms with Gasteiger partial charge in [0.2, 0.25) is 0 Å². The second-order valence-corrected chi connectivity index (χ2v) is 7.37. The van der Waals surface area contributed by atoms with E-state index in [0.29, 0.717) is 5.69 Å². The third-order valence-corrected chi connectivity index (χ3v) is 5.05. The van der Waals surface area contributed by atoms with Gasteiger partial charge in [-0.3, -0.25) is 4.98 Å². The molecule has 0 unspecified atom stereocenters. The highest BCUT2D eigenvalue weighted by Gasteiger charge is 2.22. The summed E-state index contributed by atoms with van der Waals surface area (Å²) in [7, 11) is 0. The number of anilines is 2. The number of carbonyl (C=O) groups is 1. The summed E-state index contributed by atoms with van der Waals surface area (Å²) in [6, 6.07) is 15.3. The number of nitrogens with one attached hydrogen (secondary N) is 2. The monoisotopic (exact) mass is 403 g/mol. The molecule has 1 aliphatic heterocycles. The van der Waals surface area contributed by atoms with E-state index < -0.39 is 0 Å². The summed E-state index contributed by atoms with van der Waals surface area (Å²) in [5.41, 5.74) is 1.88. The number of hydrogen-bond acceptors (Lipinski definition) is 5. The van der Waals surface area contributed by atoms with Crippen LogP contribution in [0.4, 0.5) is 16.3 Å². The molecular formula is C23H25N5O2. The molecule has 2 aromatic heterocycles. The predicted octanol–water partition coefficient (Wildman–Crippen LogP) is 4.37. The highest BCUT2D eigenvalue weighted by Crippen LogP contribution is 2.26. The van der Waals surface area contributed by atoms with Crippen LogP contribution in [0.1, 0.15) is 18.4 Å². The Labute approximate surface area is 176 Å². The minimum atomic E-state index is -0.201. The summed E-state index contributed by atoms with van der Waals surface area (Å²) >= 11 is 0. The van der Waals surface area contributed by atoms with Crippen LogP contribution in [0.5, 0.6) is 11.5 Å². The number of benzene rings is 1. The van der Waals surface area contributed by atoms with Crippen LogP contribution in [0.25, 0.3) is 0 Å². The van der Waals surface area contributed by atoms with E-state index in [0.717, 1.165) is 43.2 Å². The molecule has 1 fully saturated rings. The number of hydrogen-bond donors (Lipinski definition) is 2. The quantitative estimate of drug-likeness (QED) is 0.661. The molecule has 1 aromatic carbocycles. The van der Waals surface area contributed by atoms with Crippen LogP contribution in [0.2, 0.25) is 0 Å². The van der Waals surface area contributed by atoms with E-state index >= 15 is 0 Å². The van der Waals surface area contributed by atoms with Crippen molar-refractivity contribution >= 4 is 17.5 Å². The molecule has 0 aliphatic carbocycles. The second-order valence-electron chi connectivity index (χ2n) is 7.37. The smallest absolute Gasteiger partial charge is 0.319 e. The zero-order chi connectivity index (χ0) is 20.8. The Bertz CT molecular complexity index is 970. The summed E-state index contributed by atoms with van der Waals surface area (Å²) in [5, 5.41) is 5.85. The van der Waals surface area contributed by atoms with Crippen LogP contribution in [0.15, 0.2) is 67.1 Å². The highest BCUT2D eigenvalue weighted by molar-refractivity contribution is 5.89. The lowest BCUT2D eigenvalue weighted by atomic mass is 10.1. The van der Waals surface area contributed by atoms with Crippen LogP contribution >= 0.6 is 0 Å². The van der Waals surface area contributed by atoms with E-state index in [2.05, 4.69) is 32.4 Å². The van der Waals surface area contributed by atoms with Gasteiger partial charge in [-0.15, -0.1) is 0 Å². The Morgan fingerprint density at radius 2 is 1.87 bits per heavy atom. The fraction of sp³-hybridized carbons (Fsp3) is 0.261. The van der Waals surface area contributed by atoms with Crippen molar-refractivity contribution in [2.75, 3.05) is 23.3 Å². The van der Waals surface area contributed by atoms with E-state index in [9.17, 15) is 4.79 Å². The fourth-order valence-electron chi connectivity index (χ4n) is 3.42. The van der Waals surface area contributed by atoms with Crippen molar-refractivity contribution < 1.29 is 9.53 Å². The third kappa shape index (κ3) is 5.26. The molecule has 0 atom stereocenters. The maximum Gasteiger partial charge on any atom is 0.319 e. The van der Waals surface area contributed by atoms with E-state index in [1.165, 1.54) is 5.56 Å². The number of pyridine rings is 2. The van der Waals surface area contributed by atoms with Crippen LogP contribution in [0, 0.1) is 6.92 Å². The lowest BCUT2D eigenvalue weighted by molar-refractivity contribution is 0.246. The first-order valence-electron chi connectivity index (χ1n) is 10.1. The average molecular weight is 403 g/mol. The maximum atomic E-state index is 12.2. The minimum Gasteiger partial charge on any atom is -0.457 e. The number of aryl methyl sites for hydroxylation is 1. The van der Waals surface area contributed by atoms with Crippen molar-refractivity contribution in [2.45, 2.75) is 25.8 Å². The molecule has 0 saturated carbocycles. The van der Waals surface area contributed by atoms with Gasteiger partial charge in [0.15, 0.2) is 0 Å².